The van der Waals surface area contributed by atoms with Gasteiger partial charge < -0.3 is 5.32 Å². The van der Waals surface area contributed by atoms with Gasteiger partial charge in [0, 0.05) is 18.3 Å². The summed E-state index contributed by atoms with van der Waals surface area (Å²) in [5, 5.41) is 2.73. The molecule has 1 N–H and O–H groups in total. The first-order chi connectivity index (χ1) is 7.03. The lowest BCUT2D eigenvalue weighted by Crippen LogP contribution is -2.35. The maximum atomic E-state index is 11.3. The quantitative estimate of drug-likeness (QED) is 0.580. The van der Waals surface area contributed by atoms with Crippen LogP contribution in [-0.2, 0) is 14.6 Å². The largest absolute Gasteiger partial charge is 0.352 e. The molecule has 1 atom stereocenters. The summed E-state index contributed by atoms with van der Waals surface area (Å²) in [5.41, 5.74) is 0. The summed E-state index contributed by atoms with van der Waals surface area (Å²) in [5.74, 6) is 0.779. The molecule has 1 heterocycles. The lowest BCUT2D eigenvalue weighted by molar-refractivity contribution is -0.121. The van der Waals surface area contributed by atoms with E-state index in [0.29, 0.717) is 18.7 Å². The van der Waals surface area contributed by atoms with E-state index < -0.39 is 9.84 Å². The Bertz CT molecular complexity index is 315. The molecule has 0 aromatic heterocycles. The van der Waals surface area contributed by atoms with E-state index in [0.717, 1.165) is 12.8 Å². The molecule has 0 aromatic carbocycles. The molecule has 88 valence electrons. The molecule has 1 amide bonds. The van der Waals surface area contributed by atoms with Crippen LogP contribution in [-0.4, -0.2) is 37.8 Å². The van der Waals surface area contributed by atoms with Gasteiger partial charge in [0.05, 0.1) is 11.5 Å². The molecule has 0 aromatic rings. The van der Waals surface area contributed by atoms with Crippen LogP contribution in [0.15, 0.2) is 0 Å². The number of hydrogen-bond donors (Lipinski definition) is 1. The van der Waals surface area contributed by atoms with Crippen molar-refractivity contribution in [2.24, 2.45) is 0 Å². The lowest BCUT2D eigenvalue weighted by atomic mass is 10.2. The maximum absolute atomic E-state index is 11.3. The fourth-order valence-electron chi connectivity index (χ4n) is 1.59. The zero-order chi connectivity index (χ0) is 11.3. The second-order valence-corrected chi connectivity index (χ2v) is 6.42. The zero-order valence-corrected chi connectivity index (χ0v) is 10.1. The van der Waals surface area contributed by atoms with Crippen LogP contribution >= 0.6 is 11.6 Å². The Hall–Kier alpha value is -0.290. The van der Waals surface area contributed by atoms with Crippen molar-refractivity contribution >= 4 is 27.3 Å². The van der Waals surface area contributed by atoms with Gasteiger partial charge in [-0.3, -0.25) is 4.79 Å². The van der Waals surface area contributed by atoms with Crippen LogP contribution in [0.25, 0.3) is 0 Å². The summed E-state index contributed by atoms with van der Waals surface area (Å²) in [6.45, 7) is 0. The first-order valence-corrected chi connectivity index (χ1v) is 7.45. The standard InChI is InChI=1S/C9H16ClNO3S/c10-5-2-1-3-9(12)11-8-4-6-15(13,14)7-8/h8H,1-7H2,(H,11,12). The van der Waals surface area contributed by atoms with E-state index in [-0.39, 0.29) is 23.5 Å². The van der Waals surface area contributed by atoms with E-state index in [9.17, 15) is 13.2 Å². The van der Waals surface area contributed by atoms with Crippen molar-refractivity contribution in [1.29, 1.82) is 0 Å². The highest BCUT2D eigenvalue weighted by Crippen LogP contribution is 2.11. The molecule has 0 spiro atoms. The van der Waals surface area contributed by atoms with Gasteiger partial charge in [-0.2, -0.15) is 0 Å². The molecule has 0 saturated carbocycles. The molecule has 1 saturated heterocycles. The Morgan fingerprint density at radius 3 is 2.67 bits per heavy atom. The number of carbonyl (C=O) groups excluding carboxylic acids is 1. The van der Waals surface area contributed by atoms with Crippen LogP contribution in [0.1, 0.15) is 25.7 Å². The second kappa shape index (κ2) is 5.70. The van der Waals surface area contributed by atoms with Gasteiger partial charge in [-0.05, 0) is 19.3 Å². The highest BCUT2D eigenvalue weighted by Gasteiger charge is 2.28. The van der Waals surface area contributed by atoms with Crippen molar-refractivity contribution in [3.05, 3.63) is 0 Å². The first kappa shape index (κ1) is 12.8. The summed E-state index contributed by atoms with van der Waals surface area (Å²) < 4.78 is 22.2. The van der Waals surface area contributed by atoms with E-state index in [1.54, 1.807) is 0 Å². The van der Waals surface area contributed by atoms with Gasteiger partial charge in [0.25, 0.3) is 0 Å². The van der Waals surface area contributed by atoms with Gasteiger partial charge in [0.2, 0.25) is 5.91 Å². The van der Waals surface area contributed by atoms with Crippen LogP contribution in [0.5, 0.6) is 0 Å². The van der Waals surface area contributed by atoms with Crippen molar-refractivity contribution in [1.82, 2.24) is 5.32 Å². The third-order valence-corrected chi connectivity index (χ3v) is 4.42. The Balaban J connectivity index is 2.22. The molecule has 1 fully saturated rings. The molecular formula is C9H16ClNO3S. The molecule has 1 rings (SSSR count). The van der Waals surface area contributed by atoms with Crippen molar-refractivity contribution in [3.8, 4) is 0 Å². The average Bonchev–Trinajstić information content (AvgIpc) is 2.46. The van der Waals surface area contributed by atoms with Crippen LogP contribution in [0, 0.1) is 0 Å². The van der Waals surface area contributed by atoms with Gasteiger partial charge in [-0.15, -0.1) is 11.6 Å². The number of carbonyl (C=O) groups is 1. The number of nitrogens with one attached hydrogen (secondary N) is 1. The molecule has 1 aliphatic rings. The molecule has 0 radical (unpaired) electrons. The minimum Gasteiger partial charge on any atom is -0.352 e. The Morgan fingerprint density at radius 1 is 1.40 bits per heavy atom. The van der Waals surface area contributed by atoms with Crippen LogP contribution in [0.3, 0.4) is 0 Å². The predicted octanol–water partition coefficient (Wildman–Crippen LogP) is 0.699. The molecule has 4 nitrogen and oxygen atoms in total. The third-order valence-electron chi connectivity index (χ3n) is 2.39. The SMILES string of the molecule is O=C(CCCCCl)NC1CCS(=O)(=O)C1. The number of rotatable bonds is 5. The Labute approximate surface area is 95.3 Å². The highest BCUT2D eigenvalue weighted by atomic mass is 35.5. The molecule has 15 heavy (non-hydrogen) atoms. The Kier molecular flexibility index (Phi) is 4.86. The topological polar surface area (TPSA) is 63.2 Å². The molecule has 0 bridgehead atoms. The fraction of sp³-hybridized carbons (Fsp3) is 0.889. The van der Waals surface area contributed by atoms with E-state index in [4.69, 9.17) is 11.6 Å². The van der Waals surface area contributed by atoms with Crippen molar-refractivity contribution in [2.45, 2.75) is 31.7 Å². The number of sulfone groups is 1. The summed E-state index contributed by atoms with van der Waals surface area (Å²) in [6, 6.07) is -0.182. The summed E-state index contributed by atoms with van der Waals surface area (Å²) in [4.78, 5) is 11.3. The van der Waals surface area contributed by atoms with Gasteiger partial charge >= 0.3 is 0 Å². The first-order valence-electron chi connectivity index (χ1n) is 5.09. The highest BCUT2D eigenvalue weighted by molar-refractivity contribution is 7.91. The van der Waals surface area contributed by atoms with E-state index in [1.807, 2.05) is 0 Å². The van der Waals surface area contributed by atoms with Crippen molar-refractivity contribution < 1.29 is 13.2 Å². The number of amides is 1. The monoisotopic (exact) mass is 253 g/mol. The maximum Gasteiger partial charge on any atom is 0.220 e. The number of hydrogen-bond acceptors (Lipinski definition) is 3. The van der Waals surface area contributed by atoms with Crippen LogP contribution in [0.2, 0.25) is 0 Å². The number of alkyl halides is 1. The van der Waals surface area contributed by atoms with E-state index >= 15 is 0 Å². The Morgan fingerprint density at radius 2 is 2.13 bits per heavy atom. The molecular weight excluding hydrogens is 238 g/mol. The second-order valence-electron chi connectivity index (χ2n) is 3.81. The molecule has 0 aliphatic carbocycles. The number of unbranched alkanes of at least 4 members (excludes halogenated alkanes) is 1. The van der Waals surface area contributed by atoms with Gasteiger partial charge in [0.1, 0.15) is 0 Å². The summed E-state index contributed by atoms with van der Waals surface area (Å²) in [7, 11) is -2.90. The zero-order valence-electron chi connectivity index (χ0n) is 8.54. The smallest absolute Gasteiger partial charge is 0.220 e. The van der Waals surface area contributed by atoms with Crippen molar-refractivity contribution in [3.63, 3.8) is 0 Å². The fourth-order valence-corrected chi connectivity index (χ4v) is 3.45. The normalized spacial score (nSPS) is 23.9. The van der Waals surface area contributed by atoms with Gasteiger partial charge in [0.15, 0.2) is 9.84 Å². The van der Waals surface area contributed by atoms with E-state index in [1.165, 1.54) is 0 Å². The van der Waals surface area contributed by atoms with Crippen LogP contribution < -0.4 is 5.32 Å². The minimum absolute atomic E-state index is 0.0674. The predicted molar refractivity (Wildman–Crippen MR) is 59.8 cm³/mol. The van der Waals surface area contributed by atoms with Crippen LogP contribution in [0.4, 0.5) is 0 Å². The third kappa shape index (κ3) is 4.84. The molecule has 6 heteroatoms. The van der Waals surface area contributed by atoms with Crippen molar-refractivity contribution in [2.75, 3.05) is 17.4 Å². The summed E-state index contributed by atoms with van der Waals surface area (Å²) in [6.07, 6.45) is 2.56. The van der Waals surface area contributed by atoms with Gasteiger partial charge in [-0.1, -0.05) is 0 Å². The minimum atomic E-state index is -2.90. The molecule has 1 aliphatic heterocycles. The average molecular weight is 254 g/mol. The molecule has 1 unspecified atom stereocenters. The van der Waals surface area contributed by atoms with E-state index in [2.05, 4.69) is 5.32 Å². The van der Waals surface area contributed by atoms with Gasteiger partial charge in [-0.25, -0.2) is 8.42 Å². The number of halogens is 1. The lowest BCUT2D eigenvalue weighted by Gasteiger charge is -2.10. The summed E-state index contributed by atoms with van der Waals surface area (Å²) >= 11 is 5.48.